The van der Waals surface area contributed by atoms with Crippen LogP contribution in [0.5, 0.6) is 0 Å². The van der Waals surface area contributed by atoms with Crippen LogP contribution in [-0.4, -0.2) is 31.1 Å². The van der Waals surface area contributed by atoms with Crippen molar-refractivity contribution in [2.24, 2.45) is 0 Å². The van der Waals surface area contributed by atoms with Crippen LogP contribution in [0, 0.1) is 0 Å². The van der Waals surface area contributed by atoms with Gasteiger partial charge in [0, 0.05) is 22.2 Å². The fourth-order valence-electron chi connectivity index (χ4n) is 3.28. The predicted molar refractivity (Wildman–Crippen MR) is 112 cm³/mol. The number of carbonyl (C=O) groups excluding carboxylic acids is 1. The van der Waals surface area contributed by atoms with Gasteiger partial charge in [-0.2, -0.15) is 4.80 Å². The zero-order valence-corrected chi connectivity index (χ0v) is 17.0. The average molecular weight is 423 g/mol. The number of nitrogens with one attached hydrogen (secondary N) is 1. The van der Waals surface area contributed by atoms with Crippen LogP contribution in [-0.2, 0) is 4.79 Å². The number of fused-ring (bicyclic) bond motifs is 1. The standard InChI is InChI=1S/C21H19ClN6O2/c1-2-17(28-26-19(25-27-28)12-5-7-14(22)8-6-12)20(29)23-15-9-10-18-16(11-15)24-21(30-18)13-3-4-13/h5-11,13,17H,2-4H2,1H3,(H,23,29). The molecule has 4 aromatic rings. The minimum Gasteiger partial charge on any atom is -0.440 e. The second-order valence-electron chi connectivity index (χ2n) is 7.36. The highest BCUT2D eigenvalue weighted by Gasteiger charge is 2.29. The molecule has 1 saturated carbocycles. The number of benzene rings is 2. The predicted octanol–water partition coefficient (Wildman–Crippen LogP) is 4.60. The summed E-state index contributed by atoms with van der Waals surface area (Å²) in [6.45, 7) is 1.90. The fraction of sp³-hybridized carbons (Fsp3) is 0.286. The first kappa shape index (κ1) is 18.7. The van der Waals surface area contributed by atoms with Gasteiger partial charge in [0.15, 0.2) is 17.5 Å². The third-order valence-corrected chi connectivity index (χ3v) is 5.35. The third-order valence-electron chi connectivity index (χ3n) is 5.10. The van der Waals surface area contributed by atoms with Crippen LogP contribution in [0.25, 0.3) is 22.5 Å². The Hall–Kier alpha value is -3.26. The number of tetrazole rings is 1. The van der Waals surface area contributed by atoms with Crippen LogP contribution in [0.4, 0.5) is 5.69 Å². The third kappa shape index (κ3) is 3.66. The van der Waals surface area contributed by atoms with E-state index in [0.29, 0.717) is 28.9 Å². The van der Waals surface area contributed by atoms with Gasteiger partial charge in [0.2, 0.25) is 5.82 Å². The van der Waals surface area contributed by atoms with Gasteiger partial charge in [-0.1, -0.05) is 18.5 Å². The number of rotatable bonds is 6. The molecule has 1 amide bonds. The van der Waals surface area contributed by atoms with Crippen LogP contribution >= 0.6 is 11.6 Å². The number of nitrogens with zero attached hydrogens (tertiary/aromatic N) is 5. The van der Waals surface area contributed by atoms with Crippen molar-refractivity contribution in [2.75, 3.05) is 5.32 Å². The summed E-state index contributed by atoms with van der Waals surface area (Å²) in [5.41, 5.74) is 2.91. The lowest BCUT2D eigenvalue weighted by molar-refractivity contribution is -0.119. The van der Waals surface area contributed by atoms with Gasteiger partial charge in [0.05, 0.1) is 0 Å². The molecule has 1 atom stereocenters. The zero-order chi connectivity index (χ0) is 20.7. The summed E-state index contributed by atoms with van der Waals surface area (Å²) < 4.78 is 5.78. The van der Waals surface area contributed by atoms with Crippen LogP contribution in [0.2, 0.25) is 5.02 Å². The van der Waals surface area contributed by atoms with Crippen molar-refractivity contribution in [1.29, 1.82) is 0 Å². The van der Waals surface area contributed by atoms with Crippen LogP contribution in [0.1, 0.15) is 44.0 Å². The van der Waals surface area contributed by atoms with Crippen molar-refractivity contribution < 1.29 is 9.21 Å². The molecule has 5 rings (SSSR count). The van der Waals surface area contributed by atoms with E-state index in [-0.39, 0.29) is 5.91 Å². The lowest BCUT2D eigenvalue weighted by atomic mass is 10.2. The molecule has 2 aromatic heterocycles. The Morgan fingerprint density at radius 1 is 1.27 bits per heavy atom. The van der Waals surface area contributed by atoms with E-state index in [1.165, 1.54) is 4.80 Å². The first-order valence-corrected chi connectivity index (χ1v) is 10.3. The van der Waals surface area contributed by atoms with Gasteiger partial charge in [0.25, 0.3) is 5.91 Å². The minimum absolute atomic E-state index is 0.220. The lowest BCUT2D eigenvalue weighted by Crippen LogP contribution is -2.27. The molecule has 1 unspecified atom stereocenters. The SMILES string of the molecule is CCC(C(=O)Nc1ccc2oc(C3CC3)nc2c1)n1nnc(-c2ccc(Cl)cc2)n1. The Bertz CT molecular complexity index is 1210. The molecule has 1 fully saturated rings. The number of carbonyl (C=O) groups is 1. The summed E-state index contributed by atoms with van der Waals surface area (Å²) in [7, 11) is 0. The number of aromatic nitrogens is 5. The normalized spacial score (nSPS) is 14.7. The van der Waals surface area contributed by atoms with E-state index in [1.807, 2.05) is 37.3 Å². The lowest BCUT2D eigenvalue weighted by Gasteiger charge is -2.13. The highest BCUT2D eigenvalue weighted by molar-refractivity contribution is 6.30. The highest BCUT2D eigenvalue weighted by Crippen LogP contribution is 2.40. The maximum atomic E-state index is 12.9. The molecule has 30 heavy (non-hydrogen) atoms. The Labute approximate surface area is 177 Å². The van der Waals surface area contributed by atoms with Gasteiger partial charge in [-0.15, -0.1) is 10.2 Å². The Morgan fingerprint density at radius 2 is 2.07 bits per heavy atom. The number of anilines is 1. The Kier molecular flexibility index (Phi) is 4.71. The number of halogens is 1. The molecule has 0 saturated heterocycles. The number of oxazole rings is 1. The van der Waals surface area contributed by atoms with E-state index in [0.717, 1.165) is 35.4 Å². The molecule has 0 radical (unpaired) electrons. The first-order chi connectivity index (χ1) is 14.6. The van der Waals surface area contributed by atoms with E-state index in [1.54, 1.807) is 12.1 Å². The van der Waals surface area contributed by atoms with Gasteiger partial charge in [0.1, 0.15) is 5.52 Å². The number of amides is 1. The smallest absolute Gasteiger partial charge is 0.251 e. The highest BCUT2D eigenvalue weighted by atomic mass is 35.5. The van der Waals surface area contributed by atoms with Crippen molar-refractivity contribution >= 4 is 34.3 Å². The monoisotopic (exact) mass is 422 g/mol. The molecule has 9 heteroatoms. The van der Waals surface area contributed by atoms with Crippen molar-refractivity contribution in [3.63, 3.8) is 0 Å². The Morgan fingerprint density at radius 3 is 2.80 bits per heavy atom. The van der Waals surface area contributed by atoms with Gasteiger partial charge < -0.3 is 9.73 Å². The molecule has 1 aliphatic rings. The molecule has 152 valence electrons. The summed E-state index contributed by atoms with van der Waals surface area (Å²) in [5, 5.41) is 16.1. The van der Waals surface area contributed by atoms with Gasteiger partial charge in [-0.3, -0.25) is 4.79 Å². The molecule has 0 bridgehead atoms. The maximum absolute atomic E-state index is 12.9. The molecular formula is C21H19ClN6O2. The van der Waals surface area contributed by atoms with Crippen LogP contribution in [0.15, 0.2) is 46.9 Å². The van der Waals surface area contributed by atoms with E-state index in [9.17, 15) is 4.79 Å². The summed E-state index contributed by atoms with van der Waals surface area (Å²) >= 11 is 5.93. The molecule has 0 spiro atoms. The summed E-state index contributed by atoms with van der Waals surface area (Å²) in [6.07, 6.45) is 2.76. The van der Waals surface area contributed by atoms with E-state index < -0.39 is 6.04 Å². The molecule has 1 N–H and O–H groups in total. The Balaban J connectivity index is 1.34. The van der Waals surface area contributed by atoms with E-state index in [2.05, 4.69) is 25.7 Å². The number of hydrogen-bond donors (Lipinski definition) is 1. The average Bonchev–Trinajstić information content (AvgIpc) is 3.33. The first-order valence-electron chi connectivity index (χ1n) is 9.87. The van der Waals surface area contributed by atoms with Crippen LogP contribution in [0.3, 0.4) is 0 Å². The molecular weight excluding hydrogens is 404 g/mol. The van der Waals surface area contributed by atoms with Crippen LogP contribution < -0.4 is 5.32 Å². The second kappa shape index (κ2) is 7.53. The second-order valence-corrected chi connectivity index (χ2v) is 7.80. The van der Waals surface area contributed by atoms with Crippen molar-refractivity contribution in [3.8, 4) is 11.4 Å². The largest absolute Gasteiger partial charge is 0.440 e. The van der Waals surface area contributed by atoms with E-state index >= 15 is 0 Å². The quantitative estimate of drug-likeness (QED) is 0.487. The zero-order valence-electron chi connectivity index (χ0n) is 16.2. The molecule has 8 nitrogen and oxygen atoms in total. The topological polar surface area (TPSA) is 98.7 Å². The molecule has 1 aliphatic carbocycles. The fourth-order valence-corrected chi connectivity index (χ4v) is 3.40. The molecule has 0 aliphatic heterocycles. The van der Waals surface area contributed by atoms with Gasteiger partial charge in [-0.05, 0) is 66.9 Å². The molecule has 2 heterocycles. The maximum Gasteiger partial charge on any atom is 0.251 e. The summed E-state index contributed by atoms with van der Waals surface area (Å²) in [4.78, 5) is 18.8. The summed E-state index contributed by atoms with van der Waals surface area (Å²) in [6, 6.07) is 12.0. The van der Waals surface area contributed by atoms with Crippen molar-refractivity contribution in [3.05, 3.63) is 53.4 Å². The summed E-state index contributed by atoms with van der Waals surface area (Å²) in [5.74, 6) is 1.44. The van der Waals surface area contributed by atoms with Crippen molar-refractivity contribution in [2.45, 2.75) is 38.1 Å². The van der Waals surface area contributed by atoms with E-state index in [4.69, 9.17) is 16.0 Å². The van der Waals surface area contributed by atoms with Gasteiger partial charge >= 0.3 is 0 Å². The van der Waals surface area contributed by atoms with Gasteiger partial charge in [-0.25, -0.2) is 4.98 Å². The molecule has 2 aromatic carbocycles. The van der Waals surface area contributed by atoms with Crippen molar-refractivity contribution in [1.82, 2.24) is 25.2 Å². The minimum atomic E-state index is -0.589. The number of hydrogen-bond acceptors (Lipinski definition) is 6.